The molecule has 0 aliphatic heterocycles. The Morgan fingerprint density at radius 1 is 1.44 bits per heavy atom. The molecule has 0 aliphatic carbocycles. The zero-order valence-corrected chi connectivity index (χ0v) is 9.86. The Hall–Kier alpha value is -1.39. The van der Waals surface area contributed by atoms with Crippen molar-refractivity contribution in [1.29, 1.82) is 0 Å². The zero-order valence-electron chi connectivity index (χ0n) is 9.86. The molecule has 0 atom stereocenters. The maximum atomic E-state index is 11.7. The van der Waals surface area contributed by atoms with E-state index in [1.54, 1.807) is 6.20 Å². The summed E-state index contributed by atoms with van der Waals surface area (Å²) in [5.74, 6) is 0. The van der Waals surface area contributed by atoms with Crippen LogP contribution in [-0.2, 0) is 13.0 Å². The van der Waals surface area contributed by atoms with Crippen LogP contribution in [0, 0.1) is 0 Å². The summed E-state index contributed by atoms with van der Waals surface area (Å²) in [6.45, 7) is 1.28. The van der Waals surface area contributed by atoms with E-state index >= 15 is 0 Å². The number of aromatic amines is 1. The molecule has 1 aromatic rings. The molecule has 16 heavy (non-hydrogen) atoms. The third-order valence-electron chi connectivity index (χ3n) is 2.27. The molecule has 4 heteroatoms. The van der Waals surface area contributed by atoms with E-state index in [9.17, 15) is 4.79 Å². The first-order valence-corrected chi connectivity index (χ1v) is 5.34. The maximum Gasteiger partial charge on any atom is 0.251 e. The summed E-state index contributed by atoms with van der Waals surface area (Å²) in [6, 6.07) is 1.95. The van der Waals surface area contributed by atoms with Crippen LogP contribution in [0.25, 0.3) is 0 Å². The molecule has 1 heterocycles. The lowest BCUT2D eigenvalue weighted by atomic mass is 10.1. The number of hydrogen-bond acceptors (Lipinski definition) is 3. The Morgan fingerprint density at radius 2 is 2.19 bits per heavy atom. The Balaban J connectivity index is 2.94. The molecule has 0 fully saturated rings. The van der Waals surface area contributed by atoms with E-state index in [2.05, 4.69) is 4.98 Å². The lowest BCUT2D eigenvalue weighted by Crippen LogP contribution is -2.19. The first-order chi connectivity index (χ1) is 7.65. The minimum absolute atomic E-state index is 0.0129. The summed E-state index contributed by atoms with van der Waals surface area (Å²) >= 11 is 0. The van der Waals surface area contributed by atoms with E-state index in [-0.39, 0.29) is 5.56 Å². The molecule has 1 rings (SSSR count). The molecule has 0 radical (unpaired) electrons. The van der Waals surface area contributed by atoms with Gasteiger partial charge in [-0.15, -0.1) is 0 Å². The van der Waals surface area contributed by atoms with Crippen LogP contribution in [-0.4, -0.2) is 30.5 Å². The number of aromatic nitrogens is 1. The van der Waals surface area contributed by atoms with Crippen LogP contribution in [0.5, 0.6) is 0 Å². The van der Waals surface area contributed by atoms with Gasteiger partial charge in [0.15, 0.2) is 0 Å². The van der Waals surface area contributed by atoms with E-state index in [1.165, 1.54) is 0 Å². The second kappa shape index (κ2) is 6.25. The summed E-state index contributed by atoms with van der Waals surface area (Å²) in [5, 5.41) is 0. The van der Waals surface area contributed by atoms with E-state index in [0.717, 1.165) is 17.7 Å². The molecule has 0 unspecified atom stereocenters. The molecule has 88 valence electrons. The fraction of sp³-hybridized carbons (Fsp3) is 0.417. The van der Waals surface area contributed by atoms with Gasteiger partial charge in [-0.05, 0) is 32.1 Å². The number of H-pyrrole nitrogens is 1. The molecule has 3 N–H and O–H groups in total. The van der Waals surface area contributed by atoms with Gasteiger partial charge in [0, 0.05) is 24.8 Å². The lowest BCUT2D eigenvalue weighted by Gasteiger charge is -2.12. The third-order valence-corrected chi connectivity index (χ3v) is 2.27. The van der Waals surface area contributed by atoms with Gasteiger partial charge >= 0.3 is 0 Å². The molecule has 0 spiro atoms. The highest BCUT2D eigenvalue weighted by molar-refractivity contribution is 5.25. The topological polar surface area (TPSA) is 62.1 Å². The number of nitrogens with zero attached hydrogens (tertiary/aromatic N) is 1. The largest absolute Gasteiger partial charge is 0.329 e. The summed E-state index contributed by atoms with van der Waals surface area (Å²) in [6.07, 6.45) is 6.13. The molecule has 0 aliphatic rings. The molecular weight excluding hydrogens is 202 g/mol. The molecule has 0 aromatic carbocycles. The number of rotatable bonds is 5. The van der Waals surface area contributed by atoms with Crippen molar-refractivity contribution in [3.63, 3.8) is 0 Å². The summed E-state index contributed by atoms with van der Waals surface area (Å²) in [5.41, 5.74) is 7.24. The molecule has 0 amide bonds. The highest BCUT2D eigenvalue weighted by atomic mass is 16.1. The quantitative estimate of drug-likeness (QED) is 0.711. The SMILES string of the molecule is CN(C)Cc1cc[nH]c(=O)c1CC=CCN. The van der Waals surface area contributed by atoms with Crippen molar-refractivity contribution in [1.82, 2.24) is 9.88 Å². The van der Waals surface area contributed by atoms with Gasteiger partial charge in [0.05, 0.1) is 0 Å². The molecular formula is C12H19N3O. The number of pyridine rings is 1. The fourth-order valence-corrected chi connectivity index (χ4v) is 1.56. The average molecular weight is 221 g/mol. The summed E-state index contributed by atoms with van der Waals surface area (Å²) < 4.78 is 0. The van der Waals surface area contributed by atoms with Crippen molar-refractivity contribution in [2.45, 2.75) is 13.0 Å². The molecule has 0 bridgehead atoms. The van der Waals surface area contributed by atoms with Crippen LogP contribution in [0.2, 0.25) is 0 Å². The highest BCUT2D eigenvalue weighted by Gasteiger charge is 2.05. The first kappa shape index (κ1) is 12.7. The van der Waals surface area contributed by atoms with Crippen molar-refractivity contribution in [2.24, 2.45) is 5.73 Å². The Labute approximate surface area is 95.8 Å². The maximum absolute atomic E-state index is 11.7. The van der Waals surface area contributed by atoms with Crippen molar-refractivity contribution < 1.29 is 0 Å². The van der Waals surface area contributed by atoms with Crippen molar-refractivity contribution in [3.8, 4) is 0 Å². The van der Waals surface area contributed by atoms with Gasteiger partial charge in [-0.25, -0.2) is 0 Å². The second-order valence-corrected chi connectivity index (χ2v) is 3.96. The smallest absolute Gasteiger partial charge is 0.251 e. The zero-order chi connectivity index (χ0) is 12.0. The Bertz CT molecular complexity index is 407. The highest BCUT2D eigenvalue weighted by Crippen LogP contribution is 2.06. The van der Waals surface area contributed by atoms with Crippen LogP contribution < -0.4 is 11.3 Å². The monoisotopic (exact) mass is 221 g/mol. The van der Waals surface area contributed by atoms with Crippen molar-refractivity contribution >= 4 is 0 Å². The lowest BCUT2D eigenvalue weighted by molar-refractivity contribution is 0.401. The predicted octanol–water partition coefficient (Wildman–Crippen LogP) is 0.494. The number of nitrogens with two attached hydrogens (primary N) is 1. The second-order valence-electron chi connectivity index (χ2n) is 3.96. The van der Waals surface area contributed by atoms with E-state index in [4.69, 9.17) is 5.73 Å². The average Bonchev–Trinajstić information content (AvgIpc) is 2.21. The van der Waals surface area contributed by atoms with E-state index < -0.39 is 0 Å². The molecule has 4 nitrogen and oxygen atoms in total. The van der Waals surface area contributed by atoms with Crippen molar-refractivity contribution in [2.75, 3.05) is 20.6 Å². The van der Waals surface area contributed by atoms with Crippen LogP contribution in [0.4, 0.5) is 0 Å². The number of nitrogens with one attached hydrogen (secondary N) is 1. The normalized spacial score (nSPS) is 11.5. The fourth-order valence-electron chi connectivity index (χ4n) is 1.56. The van der Waals surface area contributed by atoms with E-state index in [1.807, 2.05) is 37.2 Å². The summed E-state index contributed by atoms with van der Waals surface area (Å²) in [7, 11) is 3.97. The Morgan fingerprint density at radius 3 is 2.81 bits per heavy atom. The van der Waals surface area contributed by atoms with Gasteiger partial charge in [-0.2, -0.15) is 0 Å². The van der Waals surface area contributed by atoms with Gasteiger partial charge in [0.1, 0.15) is 0 Å². The Kier molecular flexibility index (Phi) is 4.95. The third kappa shape index (κ3) is 3.64. The van der Waals surface area contributed by atoms with Gasteiger partial charge < -0.3 is 15.6 Å². The number of allylic oxidation sites excluding steroid dienone is 1. The van der Waals surface area contributed by atoms with Crippen LogP contribution in [0.1, 0.15) is 11.1 Å². The van der Waals surface area contributed by atoms with Crippen molar-refractivity contribution in [3.05, 3.63) is 45.9 Å². The van der Waals surface area contributed by atoms with Gasteiger partial charge in [0.2, 0.25) is 0 Å². The van der Waals surface area contributed by atoms with Crippen LogP contribution >= 0.6 is 0 Å². The minimum atomic E-state index is -0.0129. The van der Waals surface area contributed by atoms with Gasteiger partial charge in [-0.1, -0.05) is 12.2 Å². The van der Waals surface area contributed by atoms with Gasteiger partial charge in [-0.3, -0.25) is 4.79 Å². The van der Waals surface area contributed by atoms with E-state index in [0.29, 0.717) is 13.0 Å². The molecule has 0 saturated carbocycles. The minimum Gasteiger partial charge on any atom is -0.329 e. The van der Waals surface area contributed by atoms with Crippen LogP contribution in [0.3, 0.4) is 0 Å². The molecule has 0 saturated heterocycles. The van der Waals surface area contributed by atoms with Crippen LogP contribution in [0.15, 0.2) is 29.2 Å². The standard InChI is InChI=1S/C12H19N3O/c1-15(2)9-10-6-8-14-12(16)11(10)5-3-4-7-13/h3-4,6,8H,5,7,9,13H2,1-2H3,(H,14,16). The van der Waals surface area contributed by atoms with Gasteiger partial charge in [0.25, 0.3) is 5.56 Å². The molecule has 1 aromatic heterocycles. The first-order valence-electron chi connectivity index (χ1n) is 5.34. The summed E-state index contributed by atoms with van der Waals surface area (Å²) in [4.78, 5) is 16.4. The predicted molar refractivity (Wildman–Crippen MR) is 66.4 cm³/mol. The number of hydrogen-bond donors (Lipinski definition) is 2.